The van der Waals surface area contributed by atoms with Crippen molar-refractivity contribution in [2.24, 2.45) is 0 Å². The molecule has 0 spiro atoms. The monoisotopic (exact) mass is 286 g/mol. The van der Waals surface area contributed by atoms with Crippen LogP contribution in [0.1, 0.15) is 0 Å². The van der Waals surface area contributed by atoms with Gasteiger partial charge in [0.05, 0.1) is 20.8 Å². The number of aliphatic hydroxyl groups excluding tert-OH is 3. The standard InChI is InChI=1S/C13H18O7/c1-17-8-4-3-7(5-9(8)18-2)19-13-12(16)11(15)10(6-14)20-13/h3-5,10-16H,6H2,1-2H3/t10-,11-,12-,13+/m1/s1. The van der Waals surface area contributed by atoms with Crippen molar-refractivity contribution in [3.8, 4) is 17.2 Å². The van der Waals surface area contributed by atoms with Gasteiger partial charge in [-0.15, -0.1) is 0 Å². The van der Waals surface area contributed by atoms with Gasteiger partial charge in [0.15, 0.2) is 11.5 Å². The molecule has 1 aliphatic rings. The zero-order chi connectivity index (χ0) is 14.7. The van der Waals surface area contributed by atoms with Gasteiger partial charge in [-0.05, 0) is 12.1 Å². The van der Waals surface area contributed by atoms with E-state index < -0.39 is 31.2 Å². The number of methoxy groups -OCH3 is 2. The van der Waals surface area contributed by atoms with Gasteiger partial charge in [-0.1, -0.05) is 0 Å². The summed E-state index contributed by atoms with van der Waals surface area (Å²) in [6, 6.07) is 4.85. The molecular weight excluding hydrogens is 268 g/mol. The molecule has 1 aromatic carbocycles. The Labute approximate surface area is 116 Å². The van der Waals surface area contributed by atoms with Crippen molar-refractivity contribution in [3.63, 3.8) is 0 Å². The fourth-order valence-corrected chi connectivity index (χ4v) is 1.99. The maximum Gasteiger partial charge on any atom is 0.229 e. The molecule has 2 rings (SSSR count). The quantitative estimate of drug-likeness (QED) is 0.672. The Balaban J connectivity index is 2.10. The highest BCUT2D eigenvalue weighted by Gasteiger charge is 2.43. The highest BCUT2D eigenvalue weighted by molar-refractivity contribution is 5.45. The number of ether oxygens (including phenoxy) is 4. The minimum absolute atomic E-state index is 0.387. The summed E-state index contributed by atoms with van der Waals surface area (Å²) in [5, 5.41) is 28.4. The molecular formula is C13H18O7. The zero-order valence-corrected chi connectivity index (χ0v) is 11.2. The van der Waals surface area contributed by atoms with Gasteiger partial charge in [0.1, 0.15) is 24.1 Å². The lowest BCUT2D eigenvalue weighted by atomic mass is 10.1. The molecule has 0 radical (unpaired) electrons. The lowest BCUT2D eigenvalue weighted by Gasteiger charge is -2.17. The van der Waals surface area contributed by atoms with Gasteiger partial charge < -0.3 is 34.3 Å². The molecule has 0 bridgehead atoms. The normalized spacial score (nSPS) is 29.2. The average molecular weight is 286 g/mol. The number of hydrogen-bond donors (Lipinski definition) is 3. The van der Waals surface area contributed by atoms with Gasteiger partial charge in [0.25, 0.3) is 0 Å². The first kappa shape index (κ1) is 14.9. The predicted octanol–water partition coefficient (Wildman–Crippen LogP) is -0.478. The molecule has 1 aromatic rings. The van der Waals surface area contributed by atoms with E-state index in [1.54, 1.807) is 18.2 Å². The van der Waals surface area contributed by atoms with E-state index in [0.717, 1.165) is 0 Å². The van der Waals surface area contributed by atoms with Gasteiger partial charge in [-0.25, -0.2) is 0 Å². The van der Waals surface area contributed by atoms with Crippen molar-refractivity contribution in [2.45, 2.75) is 24.6 Å². The molecule has 3 N–H and O–H groups in total. The van der Waals surface area contributed by atoms with E-state index in [2.05, 4.69) is 0 Å². The molecule has 0 amide bonds. The topological polar surface area (TPSA) is 97.6 Å². The number of aliphatic hydroxyl groups is 3. The Morgan fingerprint density at radius 3 is 2.35 bits per heavy atom. The van der Waals surface area contributed by atoms with E-state index >= 15 is 0 Å². The van der Waals surface area contributed by atoms with Gasteiger partial charge >= 0.3 is 0 Å². The summed E-state index contributed by atoms with van der Waals surface area (Å²) >= 11 is 0. The Bertz CT molecular complexity index is 450. The van der Waals surface area contributed by atoms with Gasteiger partial charge in [-0.3, -0.25) is 0 Å². The van der Waals surface area contributed by atoms with Crippen molar-refractivity contribution in [1.29, 1.82) is 0 Å². The summed E-state index contributed by atoms with van der Waals surface area (Å²) in [5.41, 5.74) is 0. The molecule has 1 fully saturated rings. The van der Waals surface area contributed by atoms with Crippen molar-refractivity contribution >= 4 is 0 Å². The highest BCUT2D eigenvalue weighted by Crippen LogP contribution is 2.32. The number of hydrogen-bond acceptors (Lipinski definition) is 7. The Morgan fingerprint density at radius 2 is 1.80 bits per heavy atom. The predicted molar refractivity (Wildman–Crippen MR) is 67.9 cm³/mol. The molecule has 7 nitrogen and oxygen atoms in total. The van der Waals surface area contributed by atoms with Crippen molar-refractivity contribution in [1.82, 2.24) is 0 Å². The van der Waals surface area contributed by atoms with Crippen LogP contribution in [-0.4, -0.2) is 60.7 Å². The summed E-state index contributed by atoms with van der Waals surface area (Å²) in [5.74, 6) is 1.40. The van der Waals surface area contributed by atoms with E-state index in [9.17, 15) is 10.2 Å². The maximum absolute atomic E-state index is 9.78. The van der Waals surface area contributed by atoms with E-state index in [-0.39, 0.29) is 0 Å². The smallest absolute Gasteiger partial charge is 0.229 e. The van der Waals surface area contributed by atoms with Crippen LogP contribution in [0.2, 0.25) is 0 Å². The highest BCUT2D eigenvalue weighted by atomic mass is 16.7. The number of rotatable bonds is 5. The van der Waals surface area contributed by atoms with Gasteiger partial charge in [0.2, 0.25) is 6.29 Å². The molecule has 0 saturated carbocycles. The fraction of sp³-hybridized carbons (Fsp3) is 0.538. The fourth-order valence-electron chi connectivity index (χ4n) is 1.99. The zero-order valence-electron chi connectivity index (χ0n) is 11.2. The maximum atomic E-state index is 9.78. The Hall–Kier alpha value is -1.54. The minimum atomic E-state index is -1.24. The first-order chi connectivity index (χ1) is 9.60. The van der Waals surface area contributed by atoms with Crippen LogP contribution < -0.4 is 14.2 Å². The second-order valence-corrected chi connectivity index (χ2v) is 4.34. The molecule has 0 aliphatic carbocycles. The van der Waals surface area contributed by atoms with Crippen LogP contribution in [0.25, 0.3) is 0 Å². The van der Waals surface area contributed by atoms with Crippen molar-refractivity contribution in [3.05, 3.63) is 18.2 Å². The second kappa shape index (κ2) is 6.27. The van der Waals surface area contributed by atoms with Crippen LogP contribution >= 0.6 is 0 Å². The Morgan fingerprint density at radius 1 is 1.10 bits per heavy atom. The molecule has 7 heteroatoms. The van der Waals surface area contributed by atoms with Crippen LogP contribution in [0, 0.1) is 0 Å². The van der Waals surface area contributed by atoms with Crippen molar-refractivity contribution in [2.75, 3.05) is 20.8 Å². The molecule has 112 valence electrons. The van der Waals surface area contributed by atoms with E-state index in [1.807, 2.05) is 0 Å². The number of benzene rings is 1. The van der Waals surface area contributed by atoms with Crippen LogP contribution in [0.15, 0.2) is 18.2 Å². The molecule has 1 saturated heterocycles. The van der Waals surface area contributed by atoms with Gasteiger partial charge in [-0.2, -0.15) is 0 Å². The lowest BCUT2D eigenvalue weighted by Crippen LogP contribution is -2.35. The third kappa shape index (κ3) is 2.80. The largest absolute Gasteiger partial charge is 0.493 e. The summed E-state index contributed by atoms with van der Waals surface area (Å²) in [7, 11) is 3.01. The van der Waals surface area contributed by atoms with Gasteiger partial charge in [0, 0.05) is 6.07 Å². The summed E-state index contributed by atoms with van der Waals surface area (Å²) in [6.07, 6.45) is -4.35. The molecule has 0 aromatic heterocycles. The Kier molecular flexibility index (Phi) is 4.66. The first-order valence-corrected chi connectivity index (χ1v) is 6.11. The van der Waals surface area contributed by atoms with Crippen LogP contribution in [-0.2, 0) is 4.74 Å². The average Bonchev–Trinajstić information content (AvgIpc) is 2.75. The van der Waals surface area contributed by atoms with E-state index in [1.165, 1.54) is 14.2 Å². The molecule has 1 aliphatic heterocycles. The lowest BCUT2D eigenvalue weighted by molar-refractivity contribution is -0.116. The minimum Gasteiger partial charge on any atom is -0.493 e. The third-order valence-electron chi connectivity index (χ3n) is 3.11. The summed E-state index contributed by atoms with van der Waals surface area (Å²) in [4.78, 5) is 0. The van der Waals surface area contributed by atoms with E-state index in [0.29, 0.717) is 17.2 Å². The van der Waals surface area contributed by atoms with Crippen LogP contribution in [0.5, 0.6) is 17.2 Å². The van der Waals surface area contributed by atoms with Crippen LogP contribution in [0.4, 0.5) is 0 Å². The first-order valence-electron chi connectivity index (χ1n) is 6.11. The van der Waals surface area contributed by atoms with Crippen molar-refractivity contribution < 1.29 is 34.3 Å². The molecule has 4 atom stereocenters. The molecule has 20 heavy (non-hydrogen) atoms. The molecule has 0 unspecified atom stereocenters. The summed E-state index contributed by atoms with van der Waals surface area (Å²) < 4.78 is 20.9. The van der Waals surface area contributed by atoms with Crippen LogP contribution in [0.3, 0.4) is 0 Å². The van der Waals surface area contributed by atoms with E-state index in [4.69, 9.17) is 24.1 Å². The second-order valence-electron chi connectivity index (χ2n) is 4.34. The SMILES string of the molecule is COc1ccc(O[C@H]2O[C@H](CO)[C@@H](O)[C@H]2O)cc1OC. The summed E-state index contributed by atoms with van der Waals surface area (Å²) in [6.45, 7) is -0.399. The molecule has 1 heterocycles. The third-order valence-corrected chi connectivity index (χ3v) is 3.11.